The van der Waals surface area contributed by atoms with Crippen LogP contribution in [0.15, 0.2) is 18.2 Å². The van der Waals surface area contributed by atoms with Crippen molar-refractivity contribution in [2.24, 2.45) is 0 Å². The summed E-state index contributed by atoms with van der Waals surface area (Å²) in [6.45, 7) is 9.70. The summed E-state index contributed by atoms with van der Waals surface area (Å²) in [6.07, 6.45) is 1.02. The van der Waals surface area contributed by atoms with Gasteiger partial charge in [-0.2, -0.15) is 0 Å². The molecule has 4 nitrogen and oxygen atoms in total. The monoisotopic (exact) mass is 275 g/mol. The van der Waals surface area contributed by atoms with E-state index >= 15 is 0 Å². The molecule has 4 heteroatoms. The van der Waals surface area contributed by atoms with Crippen LogP contribution in [0.25, 0.3) is 0 Å². The average molecular weight is 275 g/mol. The number of hydrogen-bond donors (Lipinski definition) is 2. The number of ketones is 1. The topological polar surface area (TPSA) is 44.4 Å². The summed E-state index contributed by atoms with van der Waals surface area (Å²) in [6, 6.07) is 5.97. The fourth-order valence-electron chi connectivity index (χ4n) is 2.56. The van der Waals surface area contributed by atoms with Crippen LogP contribution in [0.2, 0.25) is 0 Å². The fourth-order valence-corrected chi connectivity index (χ4v) is 2.56. The van der Waals surface area contributed by atoms with Gasteiger partial charge >= 0.3 is 0 Å². The van der Waals surface area contributed by atoms with E-state index in [9.17, 15) is 4.79 Å². The minimum Gasteiger partial charge on any atom is -0.384 e. The van der Waals surface area contributed by atoms with E-state index in [4.69, 9.17) is 0 Å². The van der Waals surface area contributed by atoms with Gasteiger partial charge in [-0.1, -0.05) is 13.8 Å². The standard InChI is InChI=1S/C16H25N3O/c1-3-19(4-2)10-9-17-12-16(20)14-5-6-15-13(11-14)7-8-18-15/h5-6,11,17-18H,3-4,7-10,12H2,1-2H3. The number of hydrogen-bond acceptors (Lipinski definition) is 4. The van der Waals surface area contributed by atoms with Crippen LogP contribution in [-0.4, -0.2) is 50.0 Å². The Morgan fingerprint density at radius 2 is 2.15 bits per heavy atom. The molecule has 1 heterocycles. The van der Waals surface area contributed by atoms with Crippen LogP contribution < -0.4 is 10.6 Å². The first-order chi connectivity index (χ1) is 9.74. The molecule has 0 amide bonds. The van der Waals surface area contributed by atoms with E-state index in [0.717, 1.165) is 44.7 Å². The summed E-state index contributed by atoms with van der Waals surface area (Å²) in [4.78, 5) is 14.5. The maximum Gasteiger partial charge on any atom is 0.176 e. The smallest absolute Gasteiger partial charge is 0.176 e. The molecule has 20 heavy (non-hydrogen) atoms. The van der Waals surface area contributed by atoms with Gasteiger partial charge in [0.1, 0.15) is 0 Å². The normalized spacial score (nSPS) is 13.3. The highest BCUT2D eigenvalue weighted by Crippen LogP contribution is 2.22. The molecular formula is C16H25N3O. The SMILES string of the molecule is CCN(CC)CCNCC(=O)c1ccc2c(c1)CCN2. The van der Waals surface area contributed by atoms with Crippen molar-refractivity contribution in [2.75, 3.05) is 44.6 Å². The summed E-state index contributed by atoms with van der Waals surface area (Å²) in [5, 5.41) is 6.56. The quantitative estimate of drug-likeness (QED) is 0.560. The Morgan fingerprint density at radius 3 is 2.90 bits per heavy atom. The van der Waals surface area contributed by atoms with E-state index in [-0.39, 0.29) is 5.78 Å². The van der Waals surface area contributed by atoms with E-state index in [0.29, 0.717) is 6.54 Å². The van der Waals surface area contributed by atoms with Gasteiger partial charge in [0.25, 0.3) is 0 Å². The van der Waals surface area contributed by atoms with Crippen LogP contribution in [-0.2, 0) is 6.42 Å². The van der Waals surface area contributed by atoms with E-state index in [1.54, 1.807) is 0 Å². The van der Waals surface area contributed by atoms with Crippen LogP contribution in [0.3, 0.4) is 0 Å². The molecule has 1 aliphatic rings. The number of rotatable bonds is 8. The molecule has 1 aliphatic heterocycles. The number of nitrogens with one attached hydrogen (secondary N) is 2. The lowest BCUT2D eigenvalue weighted by Gasteiger charge is -2.17. The number of likely N-dealkylation sites (N-methyl/N-ethyl adjacent to an activating group) is 1. The van der Waals surface area contributed by atoms with Crippen molar-refractivity contribution in [2.45, 2.75) is 20.3 Å². The van der Waals surface area contributed by atoms with Crippen molar-refractivity contribution in [3.8, 4) is 0 Å². The minimum absolute atomic E-state index is 0.180. The van der Waals surface area contributed by atoms with Crippen molar-refractivity contribution in [3.05, 3.63) is 29.3 Å². The molecule has 0 saturated carbocycles. The van der Waals surface area contributed by atoms with E-state index in [2.05, 4.69) is 29.4 Å². The largest absolute Gasteiger partial charge is 0.384 e. The Kier molecular flexibility index (Phi) is 5.56. The Hall–Kier alpha value is -1.39. The molecule has 0 aliphatic carbocycles. The van der Waals surface area contributed by atoms with Gasteiger partial charge in [0, 0.05) is 30.9 Å². The predicted molar refractivity (Wildman–Crippen MR) is 83.6 cm³/mol. The summed E-state index contributed by atoms with van der Waals surface area (Å²) in [5.41, 5.74) is 3.26. The zero-order valence-electron chi connectivity index (χ0n) is 12.5. The first-order valence-corrected chi connectivity index (χ1v) is 7.57. The second-order valence-corrected chi connectivity index (χ2v) is 5.18. The third-order valence-electron chi connectivity index (χ3n) is 3.92. The Balaban J connectivity index is 1.77. The predicted octanol–water partition coefficient (Wildman–Crippen LogP) is 1.77. The van der Waals surface area contributed by atoms with Gasteiger partial charge in [0.05, 0.1) is 6.54 Å². The number of carbonyl (C=O) groups is 1. The van der Waals surface area contributed by atoms with Gasteiger partial charge in [0.2, 0.25) is 0 Å². The highest BCUT2D eigenvalue weighted by molar-refractivity contribution is 5.98. The van der Waals surface area contributed by atoms with Crippen molar-refractivity contribution < 1.29 is 4.79 Å². The second-order valence-electron chi connectivity index (χ2n) is 5.18. The number of Topliss-reactive ketones (excluding diaryl/α,β-unsaturated/α-hetero) is 1. The second kappa shape index (κ2) is 7.41. The van der Waals surface area contributed by atoms with Gasteiger partial charge < -0.3 is 15.5 Å². The number of anilines is 1. The molecule has 110 valence electrons. The highest BCUT2D eigenvalue weighted by Gasteiger charge is 2.13. The molecule has 2 N–H and O–H groups in total. The highest BCUT2D eigenvalue weighted by atomic mass is 16.1. The molecule has 0 radical (unpaired) electrons. The minimum atomic E-state index is 0.180. The molecule has 0 saturated heterocycles. The van der Waals surface area contributed by atoms with Gasteiger partial charge in [0.15, 0.2) is 5.78 Å². The van der Waals surface area contributed by atoms with Crippen LogP contribution in [0, 0.1) is 0 Å². The number of benzene rings is 1. The van der Waals surface area contributed by atoms with Crippen molar-refractivity contribution >= 4 is 11.5 Å². The fraction of sp³-hybridized carbons (Fsp3) is 0.562. The zero-order valence-corrected chi connectivity index (χ0v) is 12.5. The zero-order chi connectivity index (χ0) is 14.4. The molecule has 1 aromatic carbocycles. The van der Waals surface area contributed by atoms with Gasteiger partial charge in [-0.3, -0.25) is 4.79 Å². The molecule has 0 fully saturated rings. The van der Waals surface area contributed by atoms with Gasteiger partial charge in [-0.05, 0) is 43.3 Å². The Morgan fingerprint density at radius 1 is 1.35 bits per heavy atom. The molecule has 0 spiro atoms. The first kappa shape index (κ1) is 15.0. The summed E-state index contributed by atoms with van der Waals surface area (Å²) >= 11 is 0. The van der Waals surface area contributed by atoms with Gasteiger partial charge in [-0.25, -0.2) is 0 Å². The molecule has 1 aromatic rings. The Bertz CT molecular complexity index is 455. The first-order valence-electron chi connectivity index (χ1n) is 7.57. The van der Waals surface area contributed by atoms with E-state index < -0.39 is 0 Å². The van der Waals surface area contributed by atoms with E-state index in [1.807, 2.05) is 18.2 Å². The number of carbonyl (C=O) groups excluding carboxylic acids is 1. The van der Waals surface area contributed by atoms with E-state index in [1.165, 1.54) is 11.3 Å². The molecule has 0 unspecified atom stereocenters. The van der Waals surface area contributed by atoms with Crippen LogP contribution >= 0.6 is 0 Å². The average Bonchev–Trinajstić information content (AvgIpc) is 2.94. The maximum atomic E-state index is 12.1. The van der Waals surface area contributed by atoms with Crippen LogP contribution in [0.5, 0.6) is 0 Å². The molecule has 0 aromatic heterocycles. The molecular weight excluding hydrogens is 250 g/mol. The molecule has 2 rings (SSSR count). The summed E-state index contributed by atoms with van der Waals surface area (Å²) in [7, 11) is 0. The third-order valence-corrected chi connectivity index (χ3v) is 3.92. The molecule has 0 bridgehead atoms. The lowest BCUT2D eigenvalue weighted by atomic mass is 10.1. The maximum absolute atomic E-state index is 12.1. The number of nitrogens with zero attached hydrogens (tertiary/aromatic N) is 1. The van der Waals surface area contributed by atoms with Crippen molar-refractivity contribution in [1.29, 1.82) is 0 Å². The van der Waals surface area contributed by atoms with Crippen LogP contribution in [0.1, 0.15) is 29.8 Å². The Labute approximate surface area is 121 Å². The van der Waals surface area contributed by atoms with Crippen LogP contribution in [0.4, 0.5) is 5.69 Å². The lowest BCUT2D eigenvalue weighted by molar-refractivity contribution is 0.0990. The van der Waals surface area contributed by atoms with Crippen molar-refractivity contribution in [1.82, 2.24) is 10.2 Å². The lowest BCUT2D eigenvalue weighted by Crippen LogP contribution is -2.34. The summed E-state index contributed by atoms with van der Waals surface area (Å²) < 4.78 is 0. The van der Waals surface area contributed by atoms with Gasteiger partial charge in [-0.15, -0.1) is 0 Å². The molecule has 0 atom stereocenters. The summed E-state index contributed by atoms with van der Waals surface area (Å²) in [5.74, 6) is 0.180. The number of fused-ring (bicyclic) bond motifs is 1. The third kappa shape index (κ3) is 3.81. The van der Waals surface area contributed by atoms with Crippen molar-refractivity contribution in [3.63, 3.8) is 0 Å².